The fourth-order valence-corrected chi connectivity index (χ4v) is 5.43. The minimum absolute atomic E-state index is 0.0824. The number of hydrogen-bond donors (Lipinski definition) is 1. The van der Waals surface area contributed by atoms with Gasteiger partial charge in [-0.2, -0.15) is 0 Å². The number of imidazole rings is 1. The second kappa shape index (κ2) is 11.6. The van der Waals surface area contributed by atoms with Crippen molar-refractivity contribution in [2.24, 2.45) is 0 Å². The highest BCUT2D eigenvalue weighted by molar-refractivity contribution is 6.36. The van der Waals surface area contributed by atoms with E-state index in [2.05, 4.69) is 10.3 Å². The van der Waals surface area contributed by atoms with Crippen molar-refractivity contribution in [2.75, 3.05) is 31.6 Å². The summed E-state index contributed by atoms with van der Waals surface area (Å²) in [5, 5.41) is 3.40. The molecule has 2 aromatic heterocycles. The standard InChI is InChI=1S/C29H36ClN5O5/c1-18-15-19(10-12-31-18)26(36)33-27-32-22-8-9-23(39-21-11-14-38-17-21)24(30)25(22)35(27)20-7-5-6-13-34(16-20)28(37)40-29(2,3)4/h8-10,12,15,20-21H,5-7,11,13-14,16-17H2,1-4H3,(H,32,33,36)/t20-,21?/m1/s1. The number of halogens is 1. The Morgan fingerprint density at radius 1 is 1.18 bits per heavy atom. The molecule has 0 aliphatic carbocycles. The van der Waals surface area contributed by atoms with Crippen LogP contribution in [0.25, 0.3) is 11.0 Å². The Bertz CT molecular complexity index is 1400. The molecule has 40 heavy (non-hydrogen) atoms. The van der Waals surface area contributed by atoms with Crippen LogP contribution in [0.5, 0.6) is 5.75 Å². The molecule has 2 saturated heterocycles. The van der Waals surface area contributed by atoms with E-state index in [-0.39, 0.29) is 24.1 Å². The van der Waals surface area contributed by atoms with Crippen LogP contribution in [0.2, 0.25) is 5.02 Å². The fraction of sp³-hybridized carbons (Fsp3) is 0.517. The smallest absolute Gasteiger partial charge is 0.410 e. The van der Waals surface area contributed by atoms with E-state index in [0.717, 1.165) is 31.4 Å². The van der Waals surface area contributed by atoms with Gasteiger partial charge in [-0.3, -0.25) is 15.1 Å². The molecular weight excluding hydrogens is 534 g/mol. The van der Waals surface area contributed by atoms with E-state index >= 15 is 0 Å². The van der Waals surface area contributed by atoms with Crippen LogP contribution in [0.4, 0.5) is 10.7 Å². The van der Waals surface area contributed by atoms with Crippen molar-refractivity contribution in [2.45, 2.75) is 71.1 Å². The maximum Gasteiger partial charge on any atom is 0.410 e. The van der Waals surface area contributed by atoms with Gasteiger partial charge in [-0.15, -0.1) is 0 Å². The number of pyridine rings is 1. The SMILES string of the molecule is Cc1cc(C(=O)Nc2nc3ccc(OC4CCOC4)c(Cl)c3n2[C@@H]2CCCCN(C(=O)OC(C)(C)C)C2)ccn1. The molecule has 2 aliphatic rings. The van der Waals surface area contributed by atoms with E-state index in [1.54, 1.807) is 29.3 Å². The predicted octanol–water partition coefficient (Wildman–Crippen LogP) is 5.78. The zero-order chi connectivity index (χ0) is 28.4. The third kappa shape index (κ3) is 6.33. The van der Waals surface area contributed by atoms with Crippen molar-refractivity contribution in [3.8, 4) is 5.75 Å². The van der Waals surface area contributed by atoms with Gasteiger partial charge in [0.05, 0.1) is 30.3 Å². The summed E-state index contributed by atoms with van der Waals surface area (Å²) in [6, 6.07) is 6.82. The molecule has 2 amide bonds. The number of carbonyl (C=O) groups is 2. The highest BCUT2D eigenvalue weighted by Crippen LogP contribution is 2.39. The zero-order valence-electron chi connectivity index (χ0n) is 23.4. The second-order valence-electron chi connectivity index (χ2n) is 11.4. The highest BCUT2D eigenvalue weighted by atomic mass is 35.5. The summed E-state index contributed by atoms with van der Waals surface area (Å²) in [4.78, 5) is 37.1. The number of hydrogen-bond acceptors (Lipinski definition) is 7. The Morgan fingerprint density at radius 2 is 2.00 bits per heavy atom. The van der Waals surface area contributed by atoms with Crippen LogP contribution in [0.3, 0.4) is 0 Å². The summed E-state index contributed by atoms with van der Waals surface area (Å²) >= 11 is 7.01. The Balaban J connectivity index is 1.55. The van der Waals surface area contributed by atoms with Crippen molar-refractivity contribution in [1.82, 2.24) is 19.4 Å². The fourth-order valence-electron chi connectivity index (χ4n) is 5.13. The topological polar surface area (TPSA) is 108 Å². The largest absolute Gasteiger partial charge is 0.486 e. The number of carbonyl (C=O) groups excluding carboxylic acids is 2. The molecule has 2 aliphatic heterocycles. The van der Waals surface area contributed by atoms with Crippen molar-refractivity contribution >= 4 is 40.6 Å². The van der Waals surface area contributed by atoms with Gasteiger partial charge in [0.2, 0.25) is 5.95 Å². The molecule has 0 radical (unpaired) electrons. The van der Waals surface area contributed by atoms with Crippen LogP contribution in [0, 0.1) is 6.92 Å². The van der Waals surface area contributed by atoms with Crippen LogP contribution in [0.15, 0.2) is 30.5 Å². The molecule has 1 unspecified atom stereocenters. The Labute approximate surface area is 238 Å². The van der Waals surface area contributed by atoms with E-state index < -0.39 is 5.60 Å². The van der Waals surface area contributed by atoms with Crippen LogP contribution >= 0.6 is 11.6 Å². The van der Waals surface area contributed by atoms with Gasteiger partial charge in [-0.25, -0.2) is 9.78 Å². The van der Waals surface area contributed by atoms with Crippen molar-refractivity contribution in [3.63, 3.8) is 0 Å². The number of amides is 2. The molecule has 4 heterocycles. The number of benzene rings is 1. The molecule has 3 aromatic rings. The first-order valence-electron chi connectivity index (χ1n) is 13.8. The molecule has 1 N–H and O–H groups in total. The van der Waals surface area contributed by atoms with Crippen LogP contribution in [-0.4, -0.2) is 69.4 Å². The minimum atomic E-state index is -0.609. The Morgan fingerprint density at radius 3 is 2.73 bits per heavy atom. The summed E-state index contributed by atoms with van der Waals surface area (Å²) in [6.07, 6.45) is 4.43. The molecule has 2 atom stereocenters. The third-order valence-electron chi connectivity index (χ3n) is 6.98. The lowest BCUT2D eigenvalue weighted by Gasteiger charge is -2.29. The number of likely N-dealkylation sites (tertiary alicyclic amines) is 1. The first kappa shape index (κ1) is 28.2. The molecule has 0 spiro atoms. The molecule has 0 saturated carbocycles. The first-order valence-corrected chi connectivity index (χ1v) is 14.1. The second-order valence-corrected chi connectivity index (χ2v) is 11.7. The molecule has 5 rings (SSSR count). The monoisotopic (exact) mass is 569 g/mol. The van der Waals surface area contributed by atoms with Crippen molar-refractivity contribution in [3.05, 3.63) is 46.7 Å². The van der Waals surface area contributed by atoms with Crippen LogP contribution < -0.4 is 10.1 Å². The van der Waals surface area contributed by atoms with Gasteiger partial charge < -0.3 is 23.7 Å². The Kier molecular flexibility index (Phi) is 8.19. The Hall–Kier alpha value is -3.37. The molecule has 10 nitrogen and oxygen atoms in total. The lowest BCUT2D eigenvalue weighted by atomic mass is 10.1. The zero-order valence-corrected chi connectivity index (χ0v) is 24.2. The summed E-state index contributed by atoms with van der Waals surface area (Å²) < 4.78 is 19.3. The van der Waals surface area contributed by atoms with Crippen molar-refractivity contribution in [1.29, 1.82) is 0 Å². The number of nitrogens with zero attached hydrogens (tertiary/aromatic N) is 4. The summed E-state index contributed by atoms with van der Waals surface area (Å²) in [6.45, 7) is 9.52. The van der Waals surface area contributed by atoms with Gasteiger partial charge in [0.25, 0.3) is 5.91 Å². The first-order chi connectivity index (χ1) is 19.1. The maximum atomic E-state index is 13.3. The van der Waals surface area contributed by atoms with Crippen LogP contribution in [0.1, 0.15) is 68.5 Å². The number of rotatable bonds is 5. The van der Waals surface area contributed by atoms with Crippen molar-refractivity contribution < 1.29 is 23.8 Å². The van der Waals surface area contributed by atoms with Gasteiger partial charge in [0.1, 0.15) is 22.5 Å². The van der Waals surface area contributed by atoms with E-state index in [9.17, 15) is 9.59 Å². The quantitative estimate of drug-likeness (QED) is 0.415. The average molecular weight is 570 g/mol. The number of ether oxygens (including phenoxy) is 3. The number of aromatic nitrogens is 3. The number of fused-ring (bicyclic) bond motifs is 1. The van der Waals surface area contributed by atoms with Gasteiger partial charge in [-0.05, 0) is 71.2 Å². The number of anilines is 1. The third-order valence-corrected chi connectivity index (χ3v) is 7.35. The normalized spacial score (nSPS) is 19.9. The van der Waals surface area contributed by atoms with Gasteiger partial charge in [0, 0.05) is 37.0 Å². The van der Waals surface area contributed by atoms with E-state index in [0.29, 0.717) is 59.6 Å². The summed E-state index contributed by atoms with van der Waals surface area (Å²) in [5.74, 6) is 0.579. The minimum Gasteiger partial charge on any atom is -0.486 e. The molecule has 2 fully saturated rings. The van der Waals surface area contributed by atoms with E-state index in [1.807, 2.05) is 38.3 Å². The van der Waals surface area contributed by atoms with E-state index in [1.165, 1.54) is 0 Å². The van der Waals surface area contributed by atoms with Gasteiger partial charge in [0.15, 0.2) is 0 Å². The lowest BCUT2D eigenvalue weighted by molar-refractivity contribution is 0.0238. The lowest BCUT2D eigenvalue weighted by Crippen LogP contribution is -2.39. The number of aryl methyl sites for hydroxylation is 1. The predicted molar refractivity (Wildman–Crippen MR) is 152 cm³/mol. The molecule has 1 aromatic carbocycles. The molecular formula is C29H36ClN5O5. The molecule has 0 bridgehead atoms. The summed E-state index contributed by atoms with van der Waals surface area (Å²) in [5.41, 5.74) is 1.86. The van der Waals surface area contributed by atoms with Gasteiger partial charge in [-0.1, -0.05) is 11.6 Å². The molecule has 214 valence electrons. The van der Waals surface area contributed by atoms with Crippen LogP contribution in [-0.2, 0) is 9.47 Å². The molecule has 11 heteroatoms. The van der Waals surface area contributed by atoms with Gasteiger partial charge >= 0.3 is 6.09 Å². The van der Waals surface area contributed by atoms with E-state index in [4.69, 9.17) is 30.8 Å². The average Bonchev–Trinajstić information content (AvgIpc) is 3.46. The highest BCUT2D eigenvalue weighted by Gasteiger charge is 2.31. The number of nitrogens with one attached hydrogen (secondary N) is 1. The summed E-state index contributed by atoms with van der Waals surface area (Å²) in [7, 11) is 0. The maximum absolute atomic E-state index is 13.3.